The SMILES string of the molecule is COc1cc(CNc2ncnc3cc(N4CCNCC4)c([N+](=O)[O-])cc23)cc(OC)c1OC. The third-order valence-electron chi connectivity index (χ3n) is 5.57. The van der Waals surface area contributed by atoms with Gasteiger partial charge in [-0.3, -0.25) is 10.1 Å². The Morgan fingerprint density at radius 1 is 1.06 bits per heavy atom. The molecule has 174 valence electrons. The van der Waals surface area contributed by atoms with Crippen LogP contribution in [0.3, 0.4) is 0 Å². The van der Waals surface area contributed by atoms with E-state index in [4.69, 9.17) is 14.2 Å². The number of ether oxygens (including phenoxy) is 3. The summed E-state index contributed by atoms with van der Waals surface area (Å²) in [7, 11) is 4.66. The van der Waals surface area contributed by atoms with Crippen molar-refractivity contribution in [3.05, 3.63) is 46.3 Å². The number of rotatable bonds is 8. The van der Waals surface area contributed by atoms with Crippen LogP contribution in [0.1, 0.15) is 5.56 Å². The fourth-order valence-electron chi connectivity index (χ4n) is 3.95. The zero-order chi connectivity index (χ0) is 23.4. The lowest BCUT2D eigenvalue weighted by Gasteiger charge is -2.29. The number of piperazine rings is 1. The van der Waals surface area contributed by atoms with Gasteiger partial charge in [-0.2, -0.15) is 0 Å². The number of hydrogen-bond acceptors (Lipinski definition) is 10. The van der Waals surface area contributed by atoms with Gasteiger partial charge < -0.3 is 29.7 Å². The van der Waals surface area contributed by atoms with Crippen molar-refractivity contribution < 1.29 is 19.1 Å². The number of hydrogen-bond donors (Lipinski definition) is 2. The van der Waals surface area contributed by atoms with Crippen LogP contribution in [0.15, 0.2) is 30.6 Å². The number of aromatic nitrogens is 2. The highest BCUT2D eigenvalue weighted by Crippen LogP contribution is 2.39. The molecule has 0 unspecified atom stereocenters. The molecule has 0 bridgehead atoms. The van der Waals surface area contributed by atoms with Crippen LogP contribution >= 0.6 is 0 Å². The summed E-state index contributed by atoms with van der Waals surface area (Å²) >= 11 is 0. The maximum Gasteiger partial charge on any atom is 0.293 e. The van der Waals surface area contributed by atoms with Crippen molar-refractivity contribution in [2.75, 3.05) is 57.7 Å². The highest BCUT2D eigenvalue weighted by Gasteiger charge is 2.23. The van der Waals surface area contributed by atoms with Crippen LogP contribution in [-0.4, -0.2) is 62.4 Å². The molecule has 2 heterocycles. The van der Waals surface area contributed by atoms with Gasteiger partial charge in [0.1, 0.15) is 17.8 Å². The zero-order valence-electron chi connectivity index (χ0n) is 18.8. The van der Waals surface area contributed by atoms with E-state index in [0.29, 0.717) is 59.3 Å². The van der Waals surface area contributed by atoms with E-state index >= 15 is 0 Å². The molecule has 3 aromatic rings. The Kier molecular flexibility index (Phi) is 6.59. The molecule has 0 amide bonds. The summed E-state index contributed by atoms with van der Waals surface area (Å²) < 4.78 is 16.2. The molecule has 11 heteroatoms. The van der Waals surface area contributed by atoms with E-state index in [1.807, 2.05) is 17.0 Å². The third kappa shape index (κ3) is 4.53. The Bertz CT molecular complexity index is 1140. The molecule has 2 N–H and O–H groups in total. The van der Waals surface area contributed by atoms with Crippen LogP contribution in [0, 0.1) is 10.1 Å². The molecule has 1 aliphatic rings. The molecular formula is C22H26N6O5. The first-order chi connectivity index (χ1) is 16.0. The molecule has 0 atom stereocenters. The number of nitrogens with one attached hydrogen (secondary N) is 2. The standard InChI is InChI=1S/C22H26N6O5/c1-31-19-8-14(9-20(32-2)21(19)33-3)12-24-22-15-10-18(28(29)30)17(11-16(15)25-13-26-22)27-6-4-23-5-7-27/h8-11,13,23H,4-7,12H2,1-3H3,(H,24,25,26). The van der Waals surface area contributed by atoms with Crippen LogP contribution < -0.4 is 29.7 Å². The Morgan fingerprint density at radius 2 is 1.76 bits per heavy atom. The van der Waals surface area contributed by atoms with Crippen molar-refractivity contribution in [3.8, 4) is 17.2 Å². The van der Waals surface area contributed by atoms with Gasteiger partial charge in [-0.25, -0.2) is 9.97 Å². The average Bonchev–Trinajstić information content (AvgIpc) is 2.86. The van der Waals surface area contributed by atoms with E-state index in [2.05, 4.69) is 20.6 Å². The second kappa shape index (κ2) is 9.74. The van der Waals surface area contributed by atoms with Gasteiger partial charge in [0.05, 0.1) is 31.8 Å². The summed E-state index contributed by atoms with van der Waals surface area (Å²) in [4.78, 5) is 22.2. The van der Waals surface area contributed by atoms with Gasteiger partial charge in [0.2, 0.25) is 5.75 Å². The Balaban J connectivity index is 1.68. The van der Waals surface area contributed by atoms with Crippen LogP contribution in [0.5, 0.6) is 17.2 Å². The largest absolute Gasteiger partial charge is 0.493 e. The summed E-state index contributed by atoms with van der Waals surface area (Å²) in [5, 5.41) is 19.0. The Morgan fingerprint density at radius 3 is 2.36 bits per heavy atom. The van der Waals surface area contributed by atoms with Crippen molar-refractivity contribution in [2.24, 2.45) is 0 Å². The first kappa shape index (κ1) is 22.3. The van der Waals surface area contributed by atoms with Gasteiger partial charge in [0.25, 0.3) is 5.69 Å². The van der Waals surface area contributed by atoms with Crippen LogP contribution in [0.25, 0.3) is 10.9 Å². The van der Waals surface area contributed by atoms with Crippen molar-refractivity contribution in [2.45, 2.75) is 6.54 Å². The quantitative estimate of drug-likeness (QED) is 0.388. The number of anilines is 2. The van der Waals surface area contributed by atoms with Gasteiger partial charge in [0.15, 0.2) is 11.5 Å². The zero-order valence-corrected chi connectivity index (χ0v) is 18.8. The smallest absolute Gasteiger partial charge is 0.293 e. The lowest BCUT2D eigenvalue weighted by atomic mass is 10.1. The number of nitrogens with zero attached hydrogens (tertiary/aromatic N) is 4. The predicted molar refractivity (Wildman–Crippen MR) is 125 cm³/mol. The fraction of sp³-hybridized carbons (Fsp3) is 0.364. The first-order valence-electron chi connectivity index (χ1n) is 10.5. The van der Waals surface area contributed by atoms with Gasteiger partial charge in [0, 0.05) is 44.2 Å². The van der Waals surface area contributed by atoms with E-state index in [1.165, 1.54) is 6.33 Å². The van der Waals surface area contributed by atoms with Gasteiger partial charge in [-0.05, 0) is 23.8 Å². The lowest BCUT2D eigenvalue weighted by molar-refractivity contribution is -0.384. The molecule has 0 spiro atoms. The minimum absolute atomic E-state index is 0.0371. The molecule has 0 aliphatic carbocycles. The van der Waals surface area contributed by atoms with Crippen LogP contribution in [-0.2, 0) is 6.54 Å². The molecule has 1 aromatic heterocycles. The molecule has 2 aromatic carbocycles. The third-order valence-corrected chi connectivity index (χ3v) is 5.57. The monoisotopic (exact) mass is 454 g/mol. The minimum atomic E-state index is -0.354. The predicted octanol–water partition coefficient (Wildman–Crippen LogP) is 2.59. The first-order valence-corrected chi connectivity index (χ1v) is 10.5. The average molecular weight is 454 g/mol. The molecule has 1 saturated heterocycles. The molecule has 1 aliphatic heterocycles. The van der Waals surface area contributed by atoms with Crippen molar-refractivity contribution in [1.29, 1.82) is 0 Å². The highest BCUT2D eigenvalue weighted by molar-refractivity contribution is 5.94. The normalized spacial score (nSPS) is 13.6. The van der Waals surface area contributed by atoms with Crippen molar-refractivity contribution >= 4 is 28.1 Å². The lowest BCUT2D eigenvalue weighted by Crippen LogP contribution is -2.43. The molecular weight excluding hydrogens is 428 g/mol. The van der Waals surface area contributed by atoms with E-state index < -0.39 is 0 Å². The maximum atomic E-state index is 11.9. The summed E-state index contributed by atoms with van der Waals surface area (Å²) in [6.07, 6.45) is 1.45. The number of methoxy groups -OCH3 is 3. The number of benzene rings is 2. The van der Waals surface area contributed by atoms with E-state index in [1.54, 1.807) is 33.5 Å². The van der Waals surface area contributed by atoms with E-state index in [9.17, 15) is 10.1 Å². The summed E-state index contributed by atoms with van der Waals surface area (Å²) in [5.41, 5.74) is 2.11. The Hall–Kier alpha value is -3.86. The maximum absolute atomic E-state index is 11.9. The van der Waals surface area contributed by atoms with Crippen LogP contribution in [0.2, 0.25) is 0 Å². The number of nitro benzene ring substituents is 1. The topological polar surface area (TPSA) is 124 Å². The molecule has 11 nitrogen and oxygen atoms in total. The second-order valence-electron chi connectivity index (χ2n) is 7.46. The van der Waals surface area contributed by atoms with E-state index in [0.717, 1.165) is 18.7 Å². The molecule has 0 saturated carbocycles. The van der Waals surface area contributed by atoms with Gasteiger partial charge >= 0.3 is 0 Å². The van der Waals surface area contributed by atoms with Crippen molar-refractivity contribution in [3.63, 3.8) is 0 Å². The van der Waals surface area contributed by atoms with Crippen molar-refractivity contribution in [1.82, 2.24) is 15.3 Å². The highest BCUT2D eigenvalue weighted by atomic mass is 16.6. The second-order valence-corrected chi connectivity index (χ2v) is 7.46. The fourth-order valence-corrected chi connectivity index (χ4v) is 3.95. The minimum Gasteiger partial charge on any atom is -0.493 e. The molecule has 0 radical (unpaired) electrons. The molecule has 33 heavy (non-hydrogen) atoms. The van der Waals surface area contributed by atoms with E-state index in [-0.39, 0.29) is 10.6 Å². The Labute approximate surface area is 190 Å². The number of fused-ring (bicyclic) bond motifs is 1. The number of nitro groups is 1. The molecule has 4 rings (SSSR count). The van der Waals surface area contributed by atoms with Crippen LogP contribution in [0.4, 0.5) is 17.2 Å². The summed E-state index contributed by atoms with van der Waals surface area (Å²) in [6.45, 7) is 3.34. The van der Waals surface area contributed by atoms with Gasteiger partial charge in [-0.1, -0.05) is 0 Å². The van der Waals surface area contributed by atoms with Gasteiger partial charge in [-0.15, -0.1) is 0 Å². The molecule has 1 fully saturated rings. The summed E-state index contributed by atoms with van der Waals surface area (Å²) in [5.74, 6) is 2.09. The summed E-state index contributed by atoms with van der Waals surface area (Å²) in [6, 6.07) is 6.99.